The number of rotatable bonds is 6. The molecule has 176 valence electrons. The highest BCUT2D eigenvalue weighted by Gasteiger charge is 2.50. The van der Waals surface area contributed by atoms with Crippen LogP contribution in [0.15, 0.2) is 47.5 Å². The van der Waals surface area contributed by atoms with Gasteiger partial charge in [0.1, 0.15) is 11.3 Å². The molecule has 2 N–H and O–H groups in total. The summed E-state index contributed by atoms with van der Waals surface area (Å²) in [7, 11) is 0. The number of carbonyl (C=O) groups excluding carboxylic acids is 1. The summed E-state index contributed by atoms with van der Waals surface area (Å²) in [6.45, 7) is 0.924. The molecular weight excluding hydrogens is 432 g/mol. The highest BCUT2D eigenvalue weighted by Crippen LogP contribution is 2.59. The van der Waals surface area contributed by atoms with Crippen molar-refractivity contribution in [3.63, 3.8) is 0 Å². The van der Waals surface area contributed by atoms with Gasteiger partial charge in [0.2, 0.25) is 0 Å². The molecule has 4 aliphatic rings. The van der Waals surface area contributed by atoms with Crippen LogP contribution in [-0.2, 0) is 6.54 Å². The summed E-state index contributed by atoms with van der Waals surface area (Å²) in [5, 5.41) is 12.3. The molecule has 3 heterocycles. The highest BCUT2D eigenvalue weighted by molar-refractivity contribution is 5.93. The number of nitrogens with zero attached hydrogens (tertiary/aromatic N) is 3. The number of pyridine rings is 2. The van der Waals surface area contributed by atoms with Crippen molar-refractivity contribution < 1.29 is 14.7 Å². The van der Waals surface area contributed by atoms with Crippen LogP contribution in [0.25, 0.3) is 5.65 Å². The molecule has 0 spiro atoms. The molecular formula is C26H28N4O4. The van der Waals surface area contributed by atoms with Crippen molar-refractivity contribution in [3.05, 3.63) is 70.0 Å². The van der Waals surface area contributed by atoms with Gasteiger partial charge < -0.3 is 15.0 Å². The van der Waals surface area contributed by atoms with E-state index in [0.717, 1.165) is 30.4 Å². The molecule has 4 aliphatic carbocycles. The predicted molar refractivity (Wildman–Crippen MR) is 125 cm³/mol. The van der Waals surface area contributed by atoms with Gasteiger partial charge in [-0.15, -0.1) is 0 Å². The van der Waals surface area contributed by atoms with Gasteiger partial charge in [-0.1, -0.05) is 6.07 Å². The summed E-state index contributed by atoms with van der Waals surface area (Å²) in [5.41, 5.74) is 1.58. The van der Waals surface area contributed by atoms with Crippen LogP contribution >= 0.6 is 0 Å². The number of hydrogen-bond acceptors (Lipinski definition) is 4. The van der Waals surface area contributed by atoms with E-state index in [1.54, 1.807) is 16.7 Å². The first kappa shape index (κ1) is 21.1. The highest BCUT2D eigenvalue weighted by atomic mass is 16.4. The Bertz CT molecular complexity index is 1320. The van der Waals surface area contributed by atoms with Crippen LogP contribution in [0.1, 0.15) is 65.1 Å². The Kier molecular flexibility index (Phi) is 4.86. The predicted octanol–water partition coefficient (Wildman–Crippen LogP) is 3.19. The third-order valence-electron chi connectivity index (χ3n) is 8.14. The van der Waals surface area contributed by atoms with E-state index in [1.807, 2.05) is 12.1 Å². The largest absolute Gasteiger partial charge is 0.478 e. The molecule has 8 heteroatoms. The molecule has 1 amide bonds. The normalized spacial score (nSPS) is 27.2. The zero-order valence-electron chi connectivity index (χ0n) is 18.9. The fourth-order valence-corrected chi connectivity index (χ4v) is 7.13. The number of carbonyl (C=O) groups is 2. The number of hydrogen-bond donors (Lipinski definition) is 2. The third-order valence-corrected chi connectivity index (χ3v) is 8.14. The fraction of sp³-hybridized carbons (Fsp3) is 0.462. The smallest absolute Gasteiger partial charge is 0.335 e. The van der Waals surface area contributed by atoms with Gasteiger partial charge in [0.25, 0.3) is 11.5 Å². The molecule has 0 saturated heterocycles. The lowest BCUT2D eigenvalue weighted by molar-refractivity contribution is -0.0503. The summed E-state index contributed by atoms with van der Waals surface area (Å²) in [4.78, 5) is 41.1. The molecule has 7 rings (SSSR count). The summed E-state index contributed by atoms with van der Waals surface area (Å²) in [5.74, 6) is 1.29. The number of aromatic carboxylic acids is 1. The van der Waals surface area contributed by atoms with E-state index in [-0.39, 0.29) is 23.4 Å². The van der Waals surface area contributed by atoms with Crippen molar-refractivity contribution in [1.29, 1.82) is 0 Å². The Morgan fingerprint density at radius 1 is 1.09 bits per heavy atom. The third kappa shape index (κ3) is 3.71. The van der Waals surface area contributed by atoms with Gasteiger partial charge in [-0.05, 0) is 79.9 Å². The zero-order valence-corrected chi connectivity index (χ0v) is 18.9. The quantitative estimate of drug-likeness (QED) is 0.588. The average molecular weight is 461 g/mol. The standard InChI is InChI=1S/C26H28N4O4/c31-23-9-19(25(33)34)4-5-29(23)13-20-14-30-21(2-1-3-22(30)28-20)24(32)27-15-26-10-16-6-17(11-26)8-18(7-16)12-26/h1-5,9,14,16-18H,6-8,10-13,15H2,(H,27,32)(H,33,34). The molecule has 0 unspecified atom stereocenters. The maximum atomic E-state index is 13.2. The van der Waals surface area contributed by atoms with Crippen LogP contribution in [0, 0.1) is 23.2 Å². The second-order valence-electron chi connectivity index (χ2n) is 10.7. The van der Waals surface area contributed by atoms with E-state index < -0.39 is 11.5 Å². The van der Waals surface area contributed by atoms with Crippen LogP contribution in [-0.4, -0.2) is 37.5 Å². The second kappa shape index (κ2) is 7.82. The summed E-state index contributed by atoms with van der Waals surface area (Å²) >= 11 is 0. The second-order valence-corrected chi connectivity index (χ2v) is 10.7. The van der Waals surface area contributed by atoms with Gasteiger partial charge in [-0.25, -0.2) is 9.78 Å². The topological polar surface area (TPSA) is 106 Å². The van der Waals surface area contributed by atoms with Crippen molar-refractivity contribution in [2.75, 3.05) is 6.54 Å². The first-order chi connectivity index (χ1) is 16.4. The van der Waals surface area contributed by atoms with Crippen molar-refractivity contribution in [3.8, 4) is 0 Å². The molecule has 4 fully saturated rings. The Morgan fingerprint density at radius 3 is 2.44 bits per heavy atom. The molecule has 0 aromatic carbocycles. The number of aromatic nitrogens is 3. The summed E-state index contributed by atoms with van der Waals surface area (Å²) in [6.07, 6.45) is 11.1. The monoisotopic (exact) mass is 460 g/mol. The van der Waals surface area contributed by atoms with E-state index in [1.165, 1.54) is 55.4 Å². The molecule has 4 bridgehead atoms. The van der Waals surface area contributed by atoms with Crippen molar-refractivity contribution >= 4 is 17.5 Å². The van der Waals surface area contributed by atoms with Gasteiger partial charge in [-0.3, -0.25) is 14.0 Å². The minimum Gasteiger partial charge on any atom is -0.478 e. The number of amides is 1. The minimum absolute atomic E-state index is 0.0470. The molecule has 34 heavy (non-hydrogen) atoms. The van der Waals surface area contributed by atoms with Crippen molar-refractivity contribution in [1.82, 2.24) is 19.3 Å². The van der Waals surface area contributed by atoms with Gasteiger partial charge >= 0.3 is 5.97 Å². The summed E-state index contributed by atoms with van der Waals surface area (Å²) < 4.78 is 3.17. The van der Waals surface area contributed by atoms with Crippen LogP contribution < -0.4 is 10.9 Å². The van der Waals surface area contributed by atoms with Crippen LogP contribution in [0.3, 0.4) is 0 Å². The lowest BCUT2D eigenvalue weighted by Gasteiger charge is -2.56. The molecule has 0 radical (unpaired) electrons. The maximum Gasteiger partial charge on any atom is 0.335 e. The van der Waals surface area contributed by atoms with E-state index in [2.05, 4.69) is 10.3 Å². The minimum atomic E-state index is -1.14. The Hall–Kier alpha value is -3.42. The number of nitrogens with one attached hydrogen (secondary N) is 1. The first-order valence-corrected chi connectivity index (χ1v) is 12.1. The number of carboxylic acids is 1. The van der Waals surface area contributed by atoms with E-state index >= 15 is 0 Å². The van der Waals surface area contributed by atoms with Gasteiger partial charge in [-0.2, -0.15) is 0 Å². The molecule has 0 atom stereocenters. The fourth-order valence-electron chi connectivity index (χ4n) is 7.13. The lowest BCUT2D eigenvalue weighted by atomic mass is 9.49. The van der Waals surface area contributed by atoms with Gasteiger partial charge in [0.15, 0.2) is 0 Å². The van der Waals surface area contributed by atoms with Crippen molar-refractivity contribution in [2.24, 2.45) is 23.2 Å². The lowest BCUT2D eigenvalue weighted by Crippen LogP contribution is -2.51. The van der Waals surface area contributed by atoms with Crippen molar-refractivity contribution in [2.45, 2.75) is 45.1 Å². The molecule has 3 aromatic rings. The Labute approximate surface area is 196 Å². The van der Waals surface area contributed by atoms with Crippen LogP contribution in [0.2, 0.25) is 0 Å². The van der Waals surface area contributed by atoms with Crippen LogP contribution in [0.4, 0.5) is 0 Å². The first-order valence-electron chi connectivity index (χ1n) is 12.1. The molecule has 8 nitrogen and oxygen atoms in total. The zero-order chi connectivity index (χ0) is 23.4. The average Bonchev–Trinajstić information content (AvgIpc) is 3.20. The number of fused-ring (bicyclic) bond motifs is 1. The van der Waals surface area contributed by atoms with E-state index in [0.29, 0.717) is 17.0 Å². The molecule has 0 aliphatic heterocycles. The Balaban J connectivity index is 1.20. The summed E-state index contributed by atoms with van der Waals surface area (Å²) in [6, 6.07) is 7.93. The molecule has 3 aromatic heterocycles. The van der Waals surface area contributed by atoms with E-state index in [9.17, 15) is 14.4 Å². The molecule has 4 saturated carbocycles. The maximum absolute atomic E-state index is 13.2. The SMILES string of the molecule is O=C(O)c1ccn(Cc2cn3c(C(=O)NCC45CC6CC(CC(C6)C4)C5)cccc3n2)c(=O)c1. The van der Waals surface area contributed by atoms with Gasteiger partial charge in [0, 0.05) is 25.0 Å². The number of carboxylic acid groups (broad SMARTS) is 1. The van der Waals surface area contributed by atoms with Gasteiger partial charge in [0.05, 0.1) is 17.8 Å². The van der Waals surface area contributed by atoms with E-state index in [4.69, 9.17) is 5.11 Å². The Morgan fingerprint density at radius 2 is 1.79 bits per heavy atom. The van der Waals surface area contributed by atoms with Crippen LogP contribution in [0.5, 0.6) is 0 Å². The number of imidazole rings is 1.